The Balaban J connectivity index is 2.66. The molecule has 1 aliphatic heterocycles. The van der Waals surface area contributed by atoms with Gasteiger partial charge in [0.2, 0.25) is 0 Å². The summed E-state index contributed by atoms with van der Waals surface area (Å²) in [5.74, 6) is 1.83. The molecule has 5 atom stereocenters. The molecule has 0 bridgehead atoms. The minimum Gasteiger partial charge on any atom is -0.356 e. The molecule has 0 N–H and O–H groups in total. The van der Waals surface area contributed by atoms with E-state index in [-0.39, 0.29) is 6.29 Å². The Labute approximate surface area is 81.6 Å². The van der Waals surface area contributed by atoms with Gasteiger partial charge in [0.25, 0.3) is 0 Å². The van der Waals surface area contributed by atoms with Crippen LogP contribution in [0.5, 0.6) is 0 Å². The van der Waals surface area contributed by atoms with Crippen LogP contribution in [0, 0.1) is 17.8 Å². The van der Waals surface area contributed by atoms with E-state index in [2.05, 4.69) is 27.7 Å². The molecule has 2 unspecified atom stereocenters. The number of hydrogen-bond donors (Lipinski definition) is 0. The second-order valence-electron chi connectivity index (χ2n) is 4.26. The molecule has 0 spiro atoms. The van der Waals surface area contributed by atoms with Gasteiger partial charge in [-0.2, -0.15) is 0 Å². The van der Waals surface area contributed by atoms with Gasteiger partial charge in [0.1, 0.15) is 0 Å². The Morgan fingerprint density at radius 1 is 1.08 bits per heavy atom. The van der Waals surface area contributed by atoms with Crippen LogP contribution in [0.25, 0.3) is 0 Å². The third kappa shape index (κ3) is 2.05. The standard InChI is InChI=1S/C11H22O2/c1-6-10-8(3)7(2)9(4)11(12-5)13-10/h7-11H,6H2,1-5H3/t7-,8+,9?,10?,11-/m0/s1. The molecule has 13 heavy (non-hydrogen) atoms. The Bertz CT molecular complexity index is 138. The molecule has 0 aromatic heterocycles. The molecule has 2 heteroatoms. The number of rotatable bonds is 2. The van der Waals surface area contributed by atoms with E-state index in [1.807, 2.05) is 0 Å². The Kier molecular flexibility index (Phi) is 3.74. The molecule has 2 nitrogen and oxygen atoms in total. The van der Waals surface area contributed by atoms with Gasteiger partial charge in [-0.05, 0) is 18.3 Å². The van der Waals surface area contributed by atoms with E-state index in [0.29, 0.717) is 23.9 Å². The van der Waals surface area contributed by atoms with Gasteiger partial charge in [-0.25, -0.2) is 0 Å². The smallest absolute Gasteiger partial charge is 0.160 e. The first-order chi connectivity index (χ1) is 6.11. The van der Waals surface area contributed by atoms with E-state index >= 15 is 0 Å². The molecule has 1 rings (SSSR count). The average Bonchev–Trinajstić information content (AvgIpc) is 2.15. The molecular formula is C11H22O2. The van der Waals surface area contributed by atoms with Crippen LogP contribution in [0.2, 0.25) is 0 Å². The van der Waals surface area contributed by atoms with Gasteiger partial charge >= 0.3 is 0 Å². The fourth-order valence-electron chi connectivity index (χ4n) is 2.22. The largest absolute Gasteiger partial charge is 0.356 e. The van der Waals surface area contributed by atoms with Crippen molar-refractivity contribution in [3.63, 3.8) is 0 Å². The number of methoxy groups -OCH3 is 1. The van der Waals surface area contributed by atoms with Crippen LogP contribution in [0.4, 0.5) is 0 Å². The normalized spacial score (nSPS) is 46.4. The summed E-state index contributed by atoms with van der Waals surface area (Å²) in [5.41, 5.74) is 0. The number of ether oxygens (including phenoxy) is 2. The summed E-state index contributed by atoms with van der Waals surface area (Å²) in [5, 5.41) is 0. The maximum Gasteiger partial charge on any atom is 0.160 e. The molecule has 0 radical (unpaired) electrons. The molecule has 1 fully saturated rings. The Morgan fingerprint density at radius 3 is 2.15 bits per heavy atom. The topological polar surface area (TPSA) is 18.5 Å². The highest BCUT2D eigenvalue weighted by atomic mass is 16.7. The zero-order valence-corrected chi connectivity index (χ0v) is 9.41. The van der Waals surface area contributed by atoms with E-state index in [0.717, 1.165) is 6.42 Å². The van der Waals surface area contributed by atoms with Crippen molar-refractivity contribution in [3.05, 3.63) is 0 Å². The lowest BCUT2D eigenvalue weighted by Gasteiger charge is -2.42. The molecular weight excluding hydrogens is 164 g/mol. The zero-order chi connectivity index (χ0) is 10.0. The fraction of sp³-hybridized carbons (Fsp3) is 1.00. The van der Waals surface area contributed by atoms with E-state index < -0.39 is 0 Å². The highest BCUT2D eigenvalue weighted by molar-refractivity contribution is 4.81. The fourth-order valence-corrected chi connectivity index (χ4v) is 2.22. The lowest BCUT2D eigenvalue weighted by Crippen LogP contribution is -2.45. The highest BCUT2D eigenvalue weighted by Crippen LogP contribution is 2.36. The quantitative estimate of drug-likeness (QED) is 0.660. The summed E-state index contributed by atoms with van der Waals surface area (Å²) in [6.07, 6.45) is 1.45. The van der Waals surface area contributed by atoms with E-state index in [4.69, 9.17) is 9.47 Å². The highest BCUT2D eigenvalue weighted by Gasteiger charge is 2.38. The van der Waals surface area contributed by atoms with Gasteiger partial charge in [0.05, 0.1) is 6.10 Å². The zero-order valence-electron chi connectivity index (χ0n) is 9.41. The van der Waals surface area contributed by atoms with Gasteiger partial charge in [-0.3, -0.25) is 0 Å². The van der Waals surface area contributed by atoms with E-state index in [1.54, 1.807) is 7.11 Å². The van der Waals surface area contributed by atoms with Crippen LogP contribution in [0.15, 0.2) is 0 Å². The minimum absolute atomic E-state index is 0.00356. The van der Waals surface area contributed by atoms with E-state index in [1.165, 1.54) is 0 Å². The predicted octanol–water partition coefficient (Wildman–Crippen LogP) is 2.68. The first-order valence-electron chi connectivity index (χ1n) is 5.30. The Morgan fingerprint density at radius 2 is 1.69 bits per heavy atom. The second kappa shape index (κ2) is 4.43. The van der Waals surface area contributed by atoms with Crippen molar-refractivity contribution < 1.29 is 9.47 Å². The van der Waals surface area contributed by atoms with Crippen LogP contribution < -0.4 is 0 Å². The average molecular weight is 186 g/mol. The summed E-state index contributed by atoms with van der Waals surface area (Å²) >= 11 is 0. The van der Waals surface area contributed by atoms with Gasteiger partial charge < -0.3 is 9.47 Å². The number of hydrogen-bond acceptors (Lipinski definition) is 2. The summed E-state index contributed by atoms with van der Waals surface area (Å²) in [7, 11) is 1.73. The lowest BCUT2D eigenvalue weighted by atomic mass is 9.78. The van der Waals surface area contributed by atoms with Crippen molar-refractivity contribution in [2.24, 2.45) is 17.8 Å². The maximum atomic E-state index is 5.86. The van der Waals surface area contributed by atoms with Crippen LogP contribution in [0.1, 0.15) is 34.1 Å². The molecule has 0 aromatic rings. The SMILES string of the molecule is CCC1O[C@H](OC)C(C)[C@@H](C)[C@H]1C. The van der Waals surface area contributed by atoms with Crippen molar-refractivity contribution >= 4 is 0 Å². The van der Waals surface area contributed by atoms with Crippen molar-refractivity contribution in [1.29, 1.82) is 0 Å². The van der Waals surface area contributed by atoms with Gasteiger partial charge in [0.15, 0.2) is 6.29 Å². The third-order valence-electron chi connectivity index (χ3n) is 3.62. The first kappa shape index (κ1) is 11.0. The van der Waals surface area contributed by atoms with Crippen LogP contribution in [-0.2, 0) is 9.47 Å². The summed E-state index contributed by atoms with van der Waals surface area (Å²) in [6.45, 7) is 8.96. The monoisotopic (exact) mass is 186 g/mol. The molecule has 78 valence electrons. The van der Waals surface area contributed by atoms with E-state index in [9.17, 15) is 0 Å². The predicted molar refractivity (Wildman–Crippen MR) is 53.5 cm³/mol. The summed E-state index contributed by atoms with van der Waals surface area (Å²) in [4.78, 5) is 0. The maximum absolute atomic E-state index is 5.86. The third-order valence-corrected chi connectivity index (χ3v) is 3.62. The molecule has 1 heterocycles. The molecule has 0 aliphatic carbocycles. The van der Waals surface area contributed by atoms with Gasteiger partial charge in [-0.15, -0.1) is 0 Å². The van der Waals surface area contributed by atoms with Crippen molar-refractivity contribution in [1.82, 2.24) is 0 Å². The first-order valence-corrected chi connectivity index (χ1v) is 5.30. The molecule has 1 aliphatic rings. The minimum atomic E-state index is -0.00356. The van der Waals surface area contributed by atoms with Gasteiger partial charge in [-0.1, -0.05) is 27.7 Å². The van der Waals surface area contributed by atoms with Crippen LogP contribution in [0.3, 0.4) is 0 Å². The second-order valence-corrected chi connectivity index (χ2v) is 4.26. The van der Waals surface area contributed by atoms with Crippen molar-refractivity contribution in [3.8, 4) is 0 Å². The summed E-state index contributed by atoms with van der Waals surface area (Å²) < 4.78 is 11.2. The molecule has 0 aromatic carbocycles. The van der Waals surface area contributed by atoms with Crippen LogP contribution >= 0.6 is 0 Å². The molecule has 0 saturated carbocycles. The lowest BCUT2D eigenvalue weighted by molar-refractivity contribution is -0.237. The Hall–Kier alpha value is -0.0800. The summed E-state index contributed by atoms with van der Waals surface area (Å²) in [6, 6.07) is 0. The van der Waals surface area contributed by atoms with Crippen molar-refractivity contribution in [2.45, 2.75) is 46.5 Å². The van der Waals surface area contributed by atoms with Crippen molar-refractivity contribution in [2.75, 3.05) is 7.11 Å². The van der Waals surface area contributed by atoms with Gasteiger partial charge in [0, 0.05) is 13.0 Å². The molecule has 0 amide bonds. The molecule has 1 saturated heterocycles. The van der Waals surface area contributed by atoms with Crippen LogP contribution in [-0.4, -0.2) is 19.5 Å².